The Morgan fingerprint density at radius 2 is 1.28 bits per heavy atom. The van der Waals surface area contributed by atoms with Gasteiger partial charge in [0.25, 0.3) is 0 Å². The Morgan fingerprint density at radius 3 is 1.67 bits per heavy atom. The summed E-state index contributed by atoms with van der Waals surface area (Å²) in [5.41, 5.74) is 0. The summed E-state index contributed by atoms with van der Waals surface area (Å²) in [5, 5.41) is 0. The van der Waals surface area contributed by atoms with Crippen molar-refractivity contribution in [3.8, 4) is 0 Å². The molecule has 0 aliphatic heterocycles. The molecule has 18 heavy (non-hydrogen) atoms. The Morgan fingerprint density at radius 1 is 0.833 bits per heavy atom. The van der Waals surface area contributed by atoms with Crippen LogP contribution in [-0.4, -0.2) is 25.4 Å². The summed E-state index contributed by atoms with van der Waals surface area (Å²) in [4.78, 5) is 0. The summed E-state index contributed by atoms with van der Waals surface area (Å²) in [6.07, 6.45) is 13.6. The fourth-order valence-electron chi connectivity index (χ4n) is 2.37. The summed E-state index contributed by atoms with van der Waals surface area (Å²) >= 11 is 0. The lowest BCUT2D eigenvalue weighted by Crippen LogP contribution is -2.35. The molecule has 0 N–H and O–H groups in total. The van der Waals surface area contributed by atoms with Gasteiger partial charge in [0.05, 0.1) is 12.2 Å². The third kappa shape index (κ3) is 6.36. The van der Waals surface area contributed by atoms with Gasteiger partial charge in [0.15, 0.2) is 0 Å². The maximum Gasteiger partial charge on any atom is 0.0836 e. The topological polar surface area (TPSA) is 18.5 Å². The first-order chi connectivity index (χ1) is 8.88. The molecule has 0 bridgehead atoms. The molecule has 0 heterocycles. The molecule has 0 amide bonds. The van der Waals surface area contributed by atoms with E-state index in [9.17, 15) is 0 Å². The van der Waals surface area contributed by atoms with Crippen LogP contribution in [0.1, 0.15) is 51.4 Å². The molecule has 1 saturated carbocycles. The quantitative estimate of drug-likeness (QED) is 0.427. The first-order valence-corrected chi connectivity index (χ1v) is 7.33. The first kappa shape index (κ1) is 15.5. The van der Waals surface area contributed by atoms with E-state index in [1.54, 1.807) is 0 Å². The van der Waals surface area contributed by atoms with Crippen LogP contribution >= 0.6 is 0 Å². The van der Waals surface area contributed by atoms with E-state index in [1.165, 1.54) is 12.8 Å². The van der Waals surface area contributed by atoms with Crippen LogP contribution in [-0.2, 0) is 9.47 Å². The van der Waals surface area contributed by atoms with Gasteiger partial charge in [-0.2, -0.15) is 0 Å². The van der Waals surface area contributed by atoms with Crippen LogP contribution in [0.4, 0.5) is 0 Å². The van der Waals surface area contributed by atoms with Crippen molar-refractivity contribution in [1.29, 1.82) is 0 Å². The standard InChI is InChI=1S/C16H28O2/c1-3-5-9-13-17-15-11-7-8-12-16(15)18-14-10-6-4-2/h3-4,15-16H,1-2,5-14H2. The number of ether oxygens (including phenoxy) is 2. The molecule has 0 radical (unpaired) electrons. The van der Waals surface area contributed by atoms with Gasteiger partial charge < -0.3 is 9.47 Å². The summed E-state index contributed by atoms with van der Waals surface area (Å²) < 4.78 is 11.9. The average Bonchev–Trinajstić information content (AvgIpc) is 2.41. The lowest BCUT2D eigenvalue weighted by Gasteiger charge is -2.31. The Kier molecular flexibility index (Phi) is 8.87. The molecule has 0 aromatic heterocycles. The first-order valence-electron chi connectivity index (χ1n) is 7.33. The fourth-order valence-corrected chi connectivity index (χ4v) is 2.37. The van der Waals surface area contributed by atoms with Crippen molar-refractivity contribution in [2.45, 2.75) is 63.6 Å². The van der Waals surface area contributed by atoms with Crippen molar-refractivity contribution < 1.29 is 9.47 Å². The van der Waals surface area contributed by atoms with E-state index in [0.29, 0.717) is 12.2 Å². The third-order valence-electron chi connectivity index (χ3n) is 3.41. The lowest BCUT2D eigenvalue weighted by atomic mass is 9.94. The molecular formula is C16H28O2. The second kappa shape index (κ2) is 10.3. The number of rotatable bonds is 10. The second-order valence-electron chi connectivity index (χ2n) is 4.96. The van der Waals surface area contributed by atoms with Crippen molar-refractivity contribution in [2.24, 2.45) is 0 Å². The van der Waals surface area contributed by atoms with Gasteiger partial charge in [-0.15, -0.1) is 13.2 Å². The maximum atomic E-state index is 5.96. The molecule has 1 rings (SSSR count). The van der Waals surface area contributed by atoms with Crippen LogP contribution in [0.5, 0.6) is 0 Å². The number of allylic oxidation sites excluding steroid dienone is 2. The van der Waals surface area contributed by atoms with Gasteiger partial charge >= 0.3 is 0 Å². The minimum Gasteiger partial charge on any atom is -0.376 e. The van der Waals surface area contributed by atoms with Gasteiger partial charge in [-0.05, 0) is 38.5 Å². The average molecular weight is 252 g/mol. The SMILES string of the molecule is C=CCCCOC1CCCCC1OCCCC=C. The highest BCUT2D eigenvalue weighted by Crippen LogP contribution is 2.24. The van der Waals surface area contributed by atoms with Crippen LogP contribution < -0.4 is 0 Å². The van der Waals surface area contributed by atoms with Crippen LogP contribution in [0, 0.1) is 0 Å². The minimum absolute atomic E-state index is 0.312. The Hall–Kier alpha value is -0.600. The predicted octanol–water partition coefficient (Wildman–Crippen LogP) is 4.26. The normalized spacial score (nSPS) is 23.8. The van der Waals surface area contributed by atoms with E-state index in [1.807, 2.05) is 12.2 Å². The van der Waals surface area contributed by atoms with E-state index in [2.05, 4.69) is 13.2 Å². The zero-order valence-corrected chi connectivity index (χ0v) is 11.6. The molecule has 2 atom stereocenters. The number of unbranched alkanes of at least 4 members (excludes halogenated alkanes) is 2. The smallest absolute Gasteiger partial charge is 0.0836 e. The van der Waals surface area contributed by atoms with Crippen molar-refractivity contribution >= 4 is 0 Å². The molecule has 1 aliphatic carbocycles. The molecule has 0 spiro atoms. The summed E-state index contributed by atoms with van der Waals surface area (Å²) in [6, 6.07) is 0. The number of hydrogen-bond acceptors (Lipinski definition) is 2. The minimum atomic E-state index is 0.312. The fraction of sp³-hybridized carbons (Fsp3) is 0.750. The number of hydrogen-bond donors (Lipinski definition) is 0. The van der Waals surface area contributed by atoms with E-state index in [0.717, 1.165) is 51.7 Å². The molecule has 0 aromatic rings. The van der Waals surface area contributed by atoms with Crippen LogP contribution in [0.2, 0.25) is 0 Å². The van der Waals surface area contributed by atoms with Gasteiger partial charge in [0.1, 0.15) is 0 Å². The van der Waals surface area contributed by atoms with Crippen molar-refractivity contribution in [1.82, 2.24) is 0 Å². The van der Waals surface area contributed by atoms with Crippen LogP contribution in [0.25, 0.3) is 0 Å². The van der Waals surface area contributed by atoms with Crippen molar-refractivity contribution in [3.05, 3.63) is 25.3 Å². The predicted molar refractivity (Wildman–Crippen MR) is 76.8 cm³/mol. The molecule has 1 aliphatic rings. The molecular weight excluding hydrogens is 224 g/mol. The monoisotopic (exact) mass is 252 g/mol. The molecule has 0 saturated heterocycles. The highest BCUT2D eigenvalue weighted by atomic mass is 16.5. The molecule has 2 nitrogen and oxygen atoms in total. The van der Waals surface area contributed by atoms with Gasteiger partial charge in [-0.3, -0.25) is 0 Å². The Labute approximate surface area is 112 Å². The Bertz CT molecular complexity index is 201. The Balaban J connectivity index is 2.18. The third-order valence-corrected chi connectivity index (χ3v) is 3.41. The zero-order valence-electron chi connectivity index (χ0n) is 11.6. The maximum absolute atomic E-state index is 5.96. The van der Waals surface area contributed by atoms with Gasteiger partial charge in [0, 0.05) is 13.2 Å². The van der Waals surface area contributed by atoms with Gasteiger partial charge in [0.2, 0.25) is 0 Å². The van der Waals surface area contributed by atoms with Gasteiger partial charge in [-0.1, -0.05) is 25.0 Å². The van der Waals surface area contributed by atoms with Crippen molar-refractivity contribution in [3.63, 3.8) is 0 Å². The van der Waals surface area contributed by atoms with E-state index < -0.39 is 0 Å². The van der Waals surface area contributed by atoms with Crippen molar-refractivity contribution in [2.75, 3.05) is 13.2 Å². The van der Waals surface area contributed by atoms with E-state index in [4.69, 9.17) is 9.47 Å². The van der Waals surface area contributed by atoms with Crippen LogP contribution in [0.3, 0.4) is 0 Å². The molecule has 2 unspecified atom stereocenters. The summed E-state index contributed by atoms with van der Waals surface area (Å²) in [7, 11) is 0. The van der Waals surface area contributed by atoms with E-state index in [-0.39, 0.29) is 0 Å². The summed E-state index contributed by atoms with van der Waals surface area (Å²) in [6.45, 7) is 9.13. The largest absolute Gasteiger partial charge is 0.376 e. The molecule has 0 aromatic carbocycles. The van der Waals surface area contributed by atoms with E-state index >= 15 is 0 Å². The highest BCUT2D eigenvalue weighted by Gasteiger charge is 2.26. The molecule has 2 heteroatoms. The summed E-state index contributed by atoms with van der Waals surface area (Å²) in [5.74, 6) is 0. The molecule has 104 valence electrons. The molecule has 1 fully saturated rings. The zero-order chi connectivity index (χ0) is 13.1. The second-order valence-corrected chi connectivity index (χ2v) is 4.96. The lowest BCUT2D eigenvalue weighted by molar-refractivity contribution is -0.0927. The van der Waals surface area contributed by atoms with Gasteiger partial charge in [-0.25, -0.2) is 0 Å². The highest BCUT2D eigenvalue weighted by molar-refractivity contribution is 4.77. The van der Waals surface area contributed by atoms with Crippen LogP contribution in [0.15, 0.2) is 25.3 Å².